The Kier molecular flexibility index (Phi) is 5.56. The average molecular weight is 385 g/mol. The van der Waals surface area contributed by atoms with E-state index in [1.54, 1.807) is 32.5 Å². The number of thiocarbonyl (C=S) groups is 1. The van der Waals surface area contributed by atoms with Gasteiger partial charge in [-0.05, 0) is 31.3 Å². The number of anilines is 1. The molecule has 0 bridgehead atoms. The highest BCUT2D eigenvalue weighted by Crippen LogP contribution is 2.38. The molecule has 0 fully saturated rings. The Morgan fingerprint density at radius 2 is 2.00 bits per heavy atom. The van der Waals surface area contributed by atoms with E-state index in [1.165, 1.54) is 0 Å². The molecule has 0 radical (unpaired) electrons. The molecule has 4 N–H and O–H groups in total. The minimum Gasteiger partial charge on any atom is -0.493 e. The normalized spacial score (nSPS) is 16.3. The minimum atomic E-state index is -0.493. The Morgan fingerprint density at radius 1 is 1.19 bits per heavy atom. The number of nitrogens with one attached hydrogen (secondary N) is 4. The number of aromatic nitrogens is 1. The van der Waals surface area contributed by atoms with Gasteiger partial charge in [0.25, 0.3) is 5.82 Å². The molecule has 1 aliphatic rings. The fraction of sp³-hybridized carbons (Fsp3) is 0.211. The van der Waals surface area contributed by atoms with Crippen LogP contribution in [-0.4, -0.2) is 25.2 Å². The molecule has 3 rings (SSSR count). The van der Waals surface area contributed by atoms with E-state index in [-0.39, 0.29) is 5.91 Å². The highest BCUT2D eigenvalue weighted by molar-refractivity contribution is 7.80. The number of methoxy groups -OCH3 is 2. The summed E-state index contributed by atoms with van der Waals surface area (Å²) < 4.78 is 10.9. The summed E-state index contributed by atoms with van der Waals surface area (Å²) in [6.07, 6.45) is 1.74. The minimum absolute atomic E-state index is 0.257. The lowest BCUT2D eigenvalue weighted by Gasteiger charge is -2.30. The second-order valence-electron chi connectivity index (χ2n) is 5.88. The van der Waals surface area contributed by atoms with Crippen molar-refractivity contribution in [1.29, 1.82) is 0 Å². The van der Waals surface area contributed by atoms with Crippen molar-refractivity contribution < 1.29 is 19.3 Å². The number of carbonyl (C=O) groups is 1. The molecule has 0 saturated carbocycles. The molecule has 0 spiro atoms. The number of aromatic amines is 1. The Morgan fingerprint density at radius 3 is 2.67 bits per heavy atom. The molecular weight excluding hydrogens is 364 g/mol. The van der Waals surface area contributed by atoms with Crippen molar-refractivity contribution >= 4 is 29.1 Å². The van der Waals surface area contributed by atoms with Crippen LogP contribution < -0.4 is 30.4 Å². The molecule has 2 aromatic rings. The van der Waals surface area contributed by atoms with Crippen LogP contribution in [-0.2, 0) is 4.79 Å². The van der Waals surface area contributed by atoms with E-state index >= 15 is 0 Å². The maximum absolute atomic E-state index is 13.0. The largest absolute Gasteiger partial charge is 0.493 e. The second kappa shape index (κ2) is 8.05. The molecule has 1 aliphatic heterocycles. The van der Waals surface area contributed by atoms with Crippen molar-refractivity contribution in [3.63, 3.8) is 0 Å². The molecule has 1 atom stereocenters. The fourth-order valence-electron chi connectivity index (χ4n) is 3.03. The maximum Gasteiger partial charge on any atom is 0.339 e. The number of allylic oxidation sites excluding steroid dienone is 1. The summed E-state index contributed by atoms with van der Waals surface area (Å²) in [5.74, 6) is 1.46. The Labute approximate surface area is 162 Å². The number of amides is 1. The van der Waals surface area contributed by atoms with Gasteiger partial charge in [0.2, 0.25) is 0 Å². The van der Waals surface area contributed by atoms with Crippen molar-refractivity contribution in [3.8, 4) is 11.5 Å². The third-order valence-corrected chi connectivity index (χ3v) is 4.44. The van der Waals surface area contributed by atoms with Crippen molar-refractivity contribution in [2.24, 2.45) is 0 Å². The molecule has 1 amide bonds. The lowest BCUT2D eigenvalue weighted by molar-refractivity contribution is -0.360. The van der Waals surface area contributed by atoms with Gasteiger partial charge in [-0.1, -0.05) is 18.2 Å². The molecule has 0 aliphatic carbocycles. The maximum atomic E-state index is 13.0. The van der Waals surface area contributed by atoms with Crippen molar-refractivity contribution in [2.45, 2.75) is 13.0 Å². The topological polar surface area (TPSA) is 85.8 Å². The van der Waals surface area contributed by atoms with E-state index in [9.17, 15) is 4.79 Å². The summed E-state index contributed by atoms with van der Waals surface area (Å²) >= 11 is 5.30. The van der Waals surface area contributed by atoms with Crippen LogP contribution in [0.4, 0.5) is 5.82 Å². The summed E-state index contributed by atoms with van der Waals surface area (Å²) in [7, 11) is 3.14. The van der Waals surface area contributed by atoms with Crippen LogP contribution in [0.1, 0.15) is 18.5 Å². The summed E-state index contributed by atoms with van der Waals surface area (Å²) in [5, 5.41) is 9.49. The van der Waals surface area contributed by atoms with Crippen LogP contribution >= 0.6 is 12.2 Å². The zero-order valence-electron chi connectivity index (χ0n) is 15.3. The van der Waals surface area contributed by atoms with Crippen molar-refractivity contribution in [3.05, 3.63) is 59.4 Å². The molecule has 1 aromatic heterocycles. The summed E-state index contributed by atoms with van der Waals surface area (Å²) in [5.41, 5.74) is 1.93. The second-order valence-corrected chi connectivity index (χ2v) is 6.29. The van der Waals surface area contributed by atoms with Gasteiger partial charge in [-0.25, -0.2) is 15.1 Å². The summed E-state index contributed by atoms with van der Waals surface area (Å²) in [6, 6.07) is 10.5. The lowest BCUT2D eigenvalue weighted by atomic mass is 9.94. The monoisotopic (exact) mass is 385 g/mol. The van der Waals surface area contributed by atoms with E-state index in [1.807, 2.05) is 31.2 Å². The number of ether oxygens (including phenoxy) is 2. The summed E-state index contributed by atoms with van der Waals surface area (Å²) in [6.45, 7) is 1.82. The third kappa shape index (κ3) is 3.85. The Hall–Kier alpha value is -3.13. The van der Waals surface area contributed by atoms with Crippen LogP contribution in [0.2, 0.25) is 0 Å². The molecule has 140 valence electrons. The number of hydrogen-bond donors (Lipinski definition) is 3. The highest BCUT2D eigenvalue weighted by atomic mass is 32.1. The van der Waals surface area contributed by atoms with Gasteiger partial charge in [-0.15, -0.1) is 0 Å². The van der Waals surface area contributed by atoms with Gasteiger partial charge in [-0.2, -0.15) is 0 Å². The molecule has 7 nitrogen and oxygen atoms in total. The number of pyridine rings is 1. The number of carbonyl (C=O) groups excluding carboxylic acids is 1. The van der Waals surface area contributed by atoms with Gasteiger partial charge >= 0.3 is 5.91 Å². The zero-order chi connectivity index (χ0) is 19.4. The first-order chi connectivity index (χ1) is 13.0. The van der Waals surface area contributed by atoms with Crippen molar-refractivity contribution in [1.82, 2.24) is 10.6 Å². The predicted octanol–water partition coefficient (Wildman–Crippen LogP) is 1.95. The highest BCUT2D eigenvalue weighted by Gasteiger charge is 2.34. The molecule has 2 heterocycles. The zero-order valence-corrected chi connectivity index (χ0v) is 16.1. The Balaban J connectivity index is 2.04. The lowest BCUT2D eigenvalue weighted by Crippen LogP contribution is -2.46. The van der Waals surface area contributed by atoms with Gasteiger partial charge in [0.15, 0.2) is 16.6 Å². The SMILES string of the molecule is COc1cccc(C2NC(=S)NC(C)=C2C(=O)Nc2cccc[nH+]2)c1OC. The third-order valence-electron chi connectivity index (χ3n) is 4.22. The van der Waals surface area contributed by atoms with E-state index in [2.05, 4.69) is 20.9 Å². The van der Waals surface area contributed by atoms with Gasteiger partial charge < -0.3 is 20.1 Å². The fourth-order valence-corrected chi connectivity index (χ4v) is 3.30. The first kappa shape index (κ1) is 18.7. The molecular formula is C19H21N4O3S+. The smallest absolute Gasteiger partial charge is 0.339 e. The van der Waals surface area contributed by atoms with Gasteiger partial charge in [0, 0.05) is 17.3 Å². The molecule has 8 heteroatoms. The van der Waals surface area contributed by atoms with Crippen LogP contribution in [0, 0.1) is 0 Å². The van der Waals surface area contributed by atoms with Crippen molar-refractivity contribution in [2.75, 3.05) is 19.5 Å². The number of para-hydroxylation sites is 1. The molecule has 27 heavy (non-hydrogen) atoms. The number of hydrogen-bond acceptors (Lipinski definition) is 4. The molecule has 1 aromatic carbocycles. The first-order valence-corrected chi connectivity index (χ1v) is 8.73. The van der Waals surface area contributed by atoms with E-state index in [0.717, 1.165) is 5.56 Å². The standard InChI is InChI=1S/C19H20N4O3S/c1-11-15(18(24)22-14-9-4-5-10-20-14)16(23-19(27)21-11)12-7-6-8-13(25-2)17(12)26-3/h4-10,16H,1-3H3,(H,20,22,24)(H2,21,23,27)/p+1. The molecule has 1 unspecified atom stereocenters. The van der Waals surface area contributed by atoms with Crippen LogP contribution in [0.5, 0.6) is 11.5 Å². The van der Waals surface area contributed by atoms with Gasteiger partial charge in [0.05, 0.1) is 32.0 Å². The number of rotatable bonds is 5. The van der Waals surface area contributed by atoms with Crippen LogP contribution in [0.15, 0.2) is 53.9 Å². The van der Waals surface area contributed by atoms with E-state index in [0.29, 0.717) is 33.7 Å². The number of H-pyrrole nitrogens is 1. The first-order valence-electron chi connectivity index (χ1n) is 8.32. The quantitative estimate of drug-likeness (QED) is 0.682. The van der Waals surface area contributed by atoms with Crippen LogP contribution in [0.25, 0.3) is 0 Å². The molecule has 0 saturated heterocycles. The van der Waals surface area contributed by atoms with Gasteiger partial charge in [-0.3, -0.25) is 0 Å². The van der Waals surface area contributed by atoms with Gasteiger partial charge in [0.1, 0.15) is 0 Å². The van der Waals surface area contributed by atoms with Crippen LogP contribution in [0.3, 0.4) is 0 Å². The Bertz CT molecular complexity index is 899. The van der Waals surface area contributed by atoms with E-state index < -0.39 is 6.04 Å². The average Bonchev–Trinajstić information content (AvgIpc) is 2.67. The van der Waals surface area contributed by atoms with E-state index in [4.69, 9.17) is 21.7 Å². The predicted molar refractivity (Wildman–Crippen MR) is 105 cm³/mol. The number of benzene rings is 1. The summed E-state index contributed by atoms with van der Waals surface area (Å²) in [4.78, 5) is 16.0.